The highest BCUT2D eigenvalue weighted by Crippen LogP contribution is 2.30. The molecular weight excluding hydrogens is 290 g/mol. The molecule has 0 bridgehead atoms. The number of aromatic nitrogens is 1. The molecule has 0 aliphatic carbocycles. The van der Waals surface area contributed by atoms with Crippen LogP contribution in [0.1, 0.15) is 18.4 Å². The van der Waals surface area contributed by atoms with Crippen LogP contribution in [0.5, 0.6) is 11.5 Å². The fraction of sp³-hybridized carbons (Fsp3) is 0.389. The average Bonchev–Trinajstić information content (AvgIpc) is 2.61. The zero-order valence-electron chi connectivity index (χ0n) is 13.8. The summed E-state index contributed by atoms with van der Waals surface area (Å²) in [5.74, 6) is 2.51. The number of ether oxygens (including phenoxy) is 2. The minimum absolute atomic E-state index is 0.770. The van der Waals surface area contributed by atoms with Crippen molar-refractivity contribution in [3.63, 3.8) is 0 Å². The molecule has 0 saturated carbocycles. The summed E-state index contributed by atoms with van der Waals surface area (Å²) >= 11 is 0. The molecule has 5 heteroatoms. The second kappa shape index (κ2) is 9.69. The summed E-state index contributed by atoms with van der Waals surface area (Å²) in [7, 11) is 3.33. The van der Waals surface area contributed by atoms with E-state index in [2.05, 4.69) is 21.7 Å². The molecule has 23 heavy (non-hydrogen) atoms. The second-order valence-electron chi connectivity index (χ2n) is 5.18. The fourth-order valence-electron chi connectivity index (χ4n) is 2.37. The van der Waals surface area contributed by atoms with Crippen molar-refractivity contribution in [1.29, 1.82) is 0 Å². The zero-order chi connectivity index (χ0) is 16.3. The highest BCUT2D eigenvalue weighted by molar-refractivity contribution is 5.46. The van der Waals surface area contributed by atoms with Gasteiger partial charge in [0, 0.05) is 24.8 Å². The van der Waals surface area contributed by atoms with Gasteiger partial charge in [0.15, 0.2) is 11.5 Å². The standard InChI is InChI=1S/C18H25N3O2/c1-22-16-9-7-8-15(18(16)23-2)14-19-11-5-6-13-21-17-10-3-4-12-20-17/h3-4,7-10,12,19H,5-6,11,13-14H2,1-2H3,(H,20,21). The van der Waals surface area contributed by atoms with Gasteiger partial charge in [-0.05, 0) is 37.6 Å². The van der Waals surface area contributed by atoms with Gasteiger partial charge in [-0.3, -0.25) is 0 Å². The lowest BCUT2D eigenvalue weighted by atomic mass is 10.2. The Morgan fingerprint density at radius 3 is 2.57 bits per heavy atom. The van der Waals surface area contributed by atoms with Crippen molar-refractivity contribution in [2.75, 3.05) is 32.6 Å². The summed E-state index contributed by atoms with van der Waals surface area (Å²) in [6, 6.07) is 11.8. The quantitative estimate of drug-likeness (QED) is 0.660. The van der Waals surface area contributed by atoms with Gasteiger partial charge in [-0.25, -0.2) is 4.98 Å². The lowest BCUT2D eigenvalue weighted by Gasteiger charge is -2.13. The van der Waals surface area contributed by atoms with E-state index in [-0.39, 0.29) is 0 Å². The fourth-order valence-corrected chi connectivity index (χ4v) is 2.37. The Kier molecular flexibility index (Phi) is 7.20. The van der Waals surface area contributed by atoms with Crippen LogP contribution in [0.15, 0.2) is 42.6 Å². The SMILES string of the molecule is COc1cccc(CNCCCCNc2ccccn2)c1OC. The molecule has 0 atom stereocenters. The lowest BCUT2D eigenvalue weighted by Crippen LogP contribution is -2.16. The lowest BCUT2D eigenvalue weighted by molar-refractivity contribution is 0.350. The van der Waals surface area contributed by atoms with E-state index in [1.165, 1.54) is 0 Å². The maximum Gasteiger partial charge on any atom is 0.165 e. The summed E-state index contributed by atoms with van der Waals surface area (Å²) in [6.07, 6.45) is 4.00. The largest absolute Gasteiger partial charge is 0.493 e. The highest BCUT2D eigenvalue weighted by atomic mass is 16.5. The predicted octanol–water partition coefficient (Wildman–Crippen LogP) is 3.08. The van der Waals surface area contributed by atoms with Gasteiger partial charge < -0.3 is 20.1 Å². The van der Waals surface area contributed by atoms with Crippen molar-refractivity contribution < 1.29 is 9.47 Å². The summed E-state index contributed by atoms with van der Waals surface area (Å²) in [4.78, 5) is 4.24. The number of rotatable bonds is 10. The minimum Gasteiger partial charge on any atom is -0.493 e. The van der Waals surface area contributed by atoms with Crippen LogP contribution in [0.25, 0.3) is 0 Å². The molecular formula is C18H25N3O2. The first kappa shape index (κ1) is 17.1. The number of hydrogen-bond donors (Lipinski definition) is 2. The van der Waals surface area contributed by atoms with Gasteiger partial charge >= 0.3 is 0 Å². The van der Waals surface area contributed by atoms with E-state index in [0.717, 1.165) is 55.4 Å². The maximum atomic E-state index is 5.43. The van der Waals surface area contributed by atoms with Gasteiger partial charge in [-0.2, -0.15) is 0 Å². The molecule has 0 aliphatic rings. The van der Waals surface area contributed by atoms with Crippen LogP contribution in [0, 0.1) is 0 Å². The van der Waals surface area contributed by atoms with Crippen molar-refractivity contribution in [2.45, 2.75) is 19.4 Å². The zero-order valence-corrected chi connectivity index (χ0v) is 13.8. The van der Waals surface area contributed by atoms with Crippen LogP contribution >= 0.6 is 0 Å². The molecule has 0 fully saturated rings. The number of nitrogens with zero attached hydrogens (tertiary/aromatic N) is 1. The van der Waals surface area contributed by atoms with Crippen LogP contribution in [-0.2, 0) is 6.54 Å². The molecule has 2 rings (SSSR count). The van der Waals surface area contributed by atoms with Crippen molar-refractivity contribution in [3.05, 3.63) is 48.2 Å². The molecule has 2 aromatic rings. The number of para-hydroxylation sites is 1. The van der Waals surface area contributed by atoms with E-state index >= 15 is 0 Å². The van der Waals surface area contributed by atoms with Gasteiger partial charge in [0.1, 0.15) is 5.82 Å². The Hall–Kier alpha value is -2.27. The van der Waals surface area contributed by atoms with Crippen molar-refractivity contribution in [2.24, 2.45) is 0 Å². The second-order valence-corrected chi connectivity index (χ2v) is 5.18. The molecule has 5 nitrogen and oxygen atoms in total. The monoisotopic (exact) mass is 315 g/mol. The topological polar surface area (TPSA) is 55.4 Å². The molecule has 1 heterocycles. The normalized spacial score (nSPS) is 10.3. The Morgan fingerprint density at radius 1 is 0.957 bits per heavy atom. The molecule has 0 amide bonds. The van der Waals surface area contributed by atoms with E-state index in [9.17, 15) is 0 Å². The van der Waals surface area contributed by atoms with Crippen LogP contribution in [0.4, 0.5) is 5.82 Å². The molecule has 0 saturated heterocycles. The number of unbranched alkanes of at least 4 members (excludes halogenated alkanes) is 1. The summed E-state index contributed by atoms with van der Waals surface area (Å²) in [5, 5.41) is 6.76. The summed E-state index contributed by atoms with van der Waals surface area (Å²) in [5.41, 5.74) is 1.11. The number of nitrogens with one attached hydrogen (secondary N) is 2. The highest BCUT2D eigenvalue weighted by Gasteiger charge is 2.08. The molecule has 2 N–H and O–H groups in total. The van der Waals surface area contributed by atoms with Gasteiger partial charge in [0.05, 0.1) is 14.2 Å². The summed E-state index contributed by atoms with van der Waals surface area (Å²) in [6.45, 7) is 2.67. The molecule has 1 aromatic carbocycles. The van der Waals surface area contributed by atoms with Crippen molar-refractivity contribution in [1.82, 2.24) is 10.3 Å². The van der Waals surface area contributed by atoms with Crippen LogP contribution in [0.3, 0.4) is 0 Å². The molecule has 0 spiro atoms. The van der Waals surface area contributed by atoms with Crippen molar-refractivity contribution in [3.8, 4) is 11.5 Å². The molecule has 124 valence electrons. The Morgan fingerprint density at radius 2 is 1.83 bits per heavy atom. The third kappa shape index (κ3) is 5.45. The van der Waals surface area contributed by atoms with Gasteiger partial charge in [-0.15, -0.1) is 0 Å². The van der Waals surface area contributed by atoms with Gasteiger partial charge in [0.25, 0.3) is 0 Å². The van der Waals surface area contributed by atoms with Crippen LogP contribution in [0.2, 0.25) is 0 Å². The first-order valence-electron chi connectivity index (χ1n) is 7.90. The van der Waals surface area contributed by atoms with E-state index in [4.69, 9.17) is 9.47 Å². The molecule has 0 radical (unpaired) electrons. The molecule has 0 aliphatic heterocycles. The Bertz CT molecular complexity index is 576. The third-order valence-corrected chi connectivity index (χ3v) is 3.55. The number of methoxy groups -OCH3 is 2. The molecule has 1 aromatic heterocycles. The number of pyridine rings is 1. The molecule has 0 unspecified atom stereocenters. The Balaban J connectivity index is 1.64. The van der Waals surface area contributed by atoms with Gasteiger partial charge in [-0.1, -0.05) is 18.2 Å². The maximum absolute atomic E-state index is 5.43. The number of anilines is 1. The first-order chi connectivity index (χ1) is 11.3. The van der Waals surface area contributed by atoms with E-state index < -0.39 is 0 Å². The summed E-state index contributed by atoms with van der Waals surface area (Å²) < 4.78 is 10.7. The average molecular weight is 315 g/mol. The first-order valence-corrected chi connectivity index (χ1v) is 7.90. The van der Waals surface area contributed by atoms with E-state index in [1.54, 1.807) is 20.4 Å². The van der Waals surface area contributed by atoms with Crippen LogP contribution < -0.4 is 20.1 Å². The Labute approximate surface area is 138 Å². The van der Waals surface area contributed by atoms with E-state index in [0.29, 0.717) is 0 Å². The van der Waals surface area contributed by atoms with Gasteiger partial charge in [0.2, 0.25) is 0 Å². The third-order valence-electron chi connectivity index (χ3n) is 3.55. The smallest absolute Gasteiger partial charge is 0.165 e. The minimum atomic E-state index is 0.770. The predicted molar refractivity (Wildman–Crippen MR) is 93.2 cm³/mol. The van der Waals surface area contributed by atoms with Crippen molar-refractivity contribution >= 4 is 5.82 Å². The number of benzene rings is 1. The van der Waals surface area contributed by atoms with E-state index in [1.807, 2.05) is 30.3 Å². The van der Waals surface area contributed by atoms with Crippen LogP contribution in [-0.4, -0.2) is 32.3 Å². The number of hydrogen-bond acceptors (Lipinski definition) is 5.